The van der Waals surface area contributed by atoms with E-state index in [0.717, 1.165) is 6.42 Å². The first kappa shape index (κ1) is 28.9. The van der Waals surface area contributed by atoms with Gasteiger partial charge in [0.15, 0.2) is 0 Å². The minimum absolute atomic E-state index is 0.118. The number of esters is 1. The molecule has 1 aromatic carbocycles. The number of aliphatic hydroxyl groups is 2. The lowest BCUT2D eigenvalue weighted by molar-refractivity contribution is -0.143. The van der Waals surface area contributed by atoms with Crippen LogP contribution >= 0.6 is 0 Å². The number of halogens is 1. The van der Waals surface area contributed by atoms with Gasteiger partial charge in [-0.2, -0.15) is 0 Å². The zero-order valence-corrected chi connectivity index (χ0v) is 22.0. The van der Waals surface area contributed by atoms with Gasteiger partial charge in [-0.15, -0.1) is 0 Å². The van der Waals surface area contributed by atoms with Crippen LogP contribution in [0.15, 0.2) is 39.9 Å². The SMILES string of the molecule is CCCCn1c(=O)[nH]c(=O)c2c(-c3ccc(F)cc3)c(/C=C/C(O)CC(O)CC(=O)OC)c(C(C)C)nc21. The molecule has 204 valence electrons. The number of H-pyrrole nitrogens is 1. The van der Waals surface area contributed by atoms with Crippen LogP contribution in [-0.2, 0) is 16.1 Å². The summed E-state index contributed by atoms with van der Waals surface area (Å²) in [7, 11) is 1.21. The number of carbonyl (C=O) groups is 1. The van der Waals surface area contributed by atoms with Crippen LogP contribution in [0.5, 0.6) is 0 Å². The Morgan fingerprint density at radius 2 is 1.89 bits per heavy atom. The number of aryl methyl sites for hydroxylation is 1. The van der Waals surface area contributed by atoms with Crippen molar-refractivity contribution in [2.75, 3.05) is 7.11 Å². The first-order valence-corrected chi connectivity index (χ1v) is 12.6. The van der Waals surface area contributed by atoms with E-state index in [-0.39, 0.29) is 29.8 Å². The van der Waals surface area contributed by atoms with Crippen molar-refractivity contribution in [3.05, 3.63) is 68.3 Å². The molecule has 0 radical (unpaired) electrons. The largest absolute Gasteiger partial charge is 0.469 e. The monoisotopic (exact) mass is 527 g/mol. The number of aliphatic hydroxyl groups excluding tert-OH is 2. The van der Waals surface area contributed by atoms with E-state index in [2.05, 4.69) is 9.72 Å². The second-order valence-electron chi connectivity index (χ2n) is 9.51. The van der Waals surface area contributed by atoms with Crippen LogP contribution in [0.4, 0.5) is 4.39 Å². The molecule has 0 saturated carbocycles. The molecule has 3 rings (SSSR count). The van der Waals surface area contributed by atoms with Crippen molar-refractivity contribution in [1.82, 2.24) is 14.5 Å². The van der Waals surface area contributed by atoms with Crippen molar-refractivity contribution in [3.8, 4) is 11.1 Å². The molecule has 2 unspecified atom stereocenters. The molecule has 0 fully saturated rings. The zero-order valence-electron chi connectivity index (χ0n) is 22.0. The summed E-state index contributed by atoms with van der Waals surface area (Å²) in [5.74, 6) is -1.19. The fourth-order valence-electron chi connectivity index (χ4n) is 4.31. The number of unbranched alkanes of at least 4 members (excludes halogenated alkanes) is 1. The highest BCUT2D eigenvalue weighted by Gasteiger charge is 2.23. The number of hydrogen-bond donors (Lipinski definition) is 3. The molecule has 0 amide bonds. The summed E-state index contributed by atoms with van der Waals surface area (Å²) in [6.07, 6.45) is 1.97. The van der Waals surface area contributed by atoms with Crippen molar-refractivity contribution in [1.29, 1.82) is 0 Å². The molecule has 0 bridgehead atoms. The lowest BCUT2D eigenvalue weighted by Crippen LogP contribution is -2.32. The summed E-state index contributed by atoms with van der Waals surface area (Å²) in [6.45, 7) is 6.18. The molecule has 0 aliphatic carbocycles. The number of benzene rings is 1. The Morgan fingerprint density at radius 1 is 1.21 bits per heavy atom. The van der Waals surface area contributed by atoms with Crippen molar-refractivity contribution in [3.63, 3.8) is 0 Å². The lowest BCUT2D eigenvalue weighted by Gasteiger charge is -2.19. The number of hydrogen-bond acceptors (Lipinski definition) is 7. The Morgan fingerprint density at radius 3 is 2.50 bits per heavy atom. The standard InChI is InChI=1S/C28H34FN3O6/c1-5-6-13-32-26-24(27(36)31-28(32)37)23(17-7-9-18(29)10-8-17)21(25(30-26)16(2)3)12-11-19(33)14-20(34)15-22(35)38-4/h7-12,16,19-20,33-34H,5-6,13-15H2,1-4H3,(H,31,36,37)/b12-11+. The van der Waals surface area contributed by atoms with E-state index in [1.165, 1.54) is 29.9 Å². The maximum Gasteiger partial charge on any atom is 0.329 e. The Balaban J connectivity index is 2.28. The Hall–Kier alpha value is -3.63. The van der Waals surface area contributed by atoms with E-state index in [4.69, 9.17) is 4.98 Å². The van der Waals surface area contributed by atoms with Crippen molar-refractivity contribution in [2.45, 2.75) is 71.1 Å². The Labute approximate surface area is 219 Å². The number of ether oxygens (including phenoxy) is 1. The molecule has 10 heteroatoms. The first-order chi connectivity index (χ1) is 18.1. The van der Waals surface area contributed by atoms with Crippen LogP contribution in [-0.4, -0.2) is 50.0 Å². The van der Waals surface area contributed by atoms with Crippen molar-refractivity contribution >= 4 is 23.1 Å². The maximum absolute atomic E-state index is 13.8. The molecule has 2 heterocycles. The van der Waals surface area contributed by atoms with Gasteiger partial charge < -0.3 is 14.9 Å². The number of carbonyl (C=O) groups excluding carboxylic acids is 1. The first-order valence-electron chi connectivity index (χ1n) is 12.6. The third-order valence-electron chi connectivity index (χ3n) is 6.24. The summed E-state index contributed by atoms with van der Waals surface area (Å²) in [4.78, 5) is 44.5. The summed E-state index contributed by atoms with van der Waals surface area (Å²) in [5.41, 5.74) is 1.14. The van der Waals surface area contributed by atoms with E-state index in [1.54, 1.807) is 18.2 Å². The topological polar surface area (TPSA) is 135 Å². The molecule has 2 atom stereocenters. The van der Waals surface area contributed by atoms with Crippen molar-refractivity contribution < 1.29 is 24.1 Å². The third kappa shape index (κ3) is 6.62. The maximum atomic E-state index is 13.8. The number of aromatic amines is 1. The number of pyridine rings is 1. The minimum Gasteiger partial charge on any atom is -0.469 e. The van der Waals surface area contributed by atoms with Gasteiger partial charge in [0.2, 0.25) is 0 Å². The fourth-order valence-corrected chi connectivity index (χ4v) is 4.31. The van der Waals surface area contributed by atoms with Gasteiger partial charge in [0.25, 0.3) is 5.56 Å². The minimum atomic E-state index is -1.12. The highest BCUT2D eigenvalue weighted by molar-refractivity contribution is 5.97. The van der Waals surface area contributed by atoms with Gasteiger partial charge in [-0.1, -0.05) is 51.5 Å². The second kappa shape index (κ2) is 12.7. The summed E-state index contributed by atoms with van der Waals surface area (Å²) in [5, 5.41) is 20.8. The molecule has 9 nitrogen and oxygen atoms in total. The van der Waals surface area contributed by atoms with Gasteiger partial charge in [-0.05, 0) is 30.0 Å². The molecule has 0 saturated heterocycles. The number of nitrogens with one attached hydrogen (secondary N) is 1. The highest BCUT2D eigenvalue weighted by Crippen LogP contribution is 2.35. The van der Waals surface area contributed by atoms with E-state index in [9.17, 15) is 29.0 Å². The van der Waals surface area contributed by atoms with E-state index < -0.39 is 35.2 Å². The van der Waals surface area contributed by atoms with Crippen LogP contribution in [0.1, 0.15) is 63.6 Å². The molecular formula is C28H34FN3O6. The molecule has 2 aromatic heterocycles. The zero-order chi connectivity index (χ0) is 28.0. The van der Waals surface area contributed by atoms with Gasteiger partial charge >= 0.3 is 11.7 Å². The van der Waals surface area contributed by atoms with E-state index in [1.807, 2.05) is 20.8 Å². The fraction of sp³-hybridized carbons (Fsp3) is 0.429. The second-order valence-corrected chi connectivity index (χ2v) is 9.51. The smallest absolute Gasteiger partial charge is 0.329 e. The Bertz CT molecular complexity index is 1430. The molecule has 3 aromatic rings. The number of aromatic nitrogens is 3. The van der Waals surface area contributed by atoms with Crippen molar-refractivity contribution in [2.24, 2.45) is 0 Å². The molecule has 38 heavy (non-hydrogen) atoms. The Kier molecular flexibility index (Phi) is 9.71. The highest BCUT2D eigenvalue weighted by atomic mass is 19.1. The molecule has 0 aliphatic rings. The average Bonchev–Trinajstić information content (AvgIpc) is 2.86. The normalized spacial score (nSPS) is 13.4. The third-order valence-corrected chi connectivity index (χ3v) is 6.24. The van der Waals surface area contributed by atoms with Crippen LogP contribution in [0, 0.1) is 5.82 Å². The van der Waals surface area contributed by atoms with Crippen LogP contribution in [0.25, 0.3) is 28.2 Å². The van der Waals surface area contributed by atoms with E-state index >= 15 is 0 Å². The average molecular weight is 528 g/mol. The van der Waals surface area contributed by atoms with E-state index in [0.29, 0.717) is 35.3 Å². The molecule has 0 aliphatic heterocycles. The van der Waals surface area contributed by atoms with Crippen LogP contribution in [0.3, 0.4) is 0 Å². The van der Waals surface area contributed by atoms with Gasteiger partial charge in [0, 0.05) is 24.1 Å². The molecule has 3 N–H and O–H groups in total. The number of nitrogens with zero attached hydrogens (tertiary/aromatic N) is 2. The van der Waals surface area contributed by atoms with Gasteiger partial charge in [-0.25, -0.2) is 14.2 Å². The quantitative estimate of drug-likeness (QED) is 0.325. The lowest BCUT2D eigenvalue weighted by atomic mass is 9.91. The summed E-state index contributed by atoms with van der Waals surface area (Å²) in [6, 6.07) is 5.65. The van der Waals surface area contributed by atoms with Gasteiger partial charge in [0.05, 0.1) is 36.8 Å². The number of fused-ring (bicyclic) bond motifs is 1. The van der Waals surface area contributed by atoms with Gasteiger partial charge in [-0.3, -0.25) is 19.1 Å². The predicted molar refractivity (Wildman–Crippen MR) is 143 cm³/mol. The predicted octanol–water partition coefficient (Wildman–Crippen LogP) is 3.50. The molecule has 0 spiro atoms. The van der Waals surface area contributed by atoms with Crippen LogP contribution < -0.4 is 11.2 Å². The summed E-state index contributed by atoms with van der Waals surface area (Å²) >= 11 is 0. The number of rotatable bonds is 11. The van der Waals surface area contributed by atoms with Gasteiger partial charge in [0.1, 0.15) is 11.5 Å². The van der Waals surface area contributed by atoms with Crippen LogP contribution in [0.2, 0.25) is 0 Å². The molecular weight excluding hydrogens is 493 g/mol. The number of methoxy groups -OCH3 is 1. The summed E-state index contributed by atoms with van der Waals surface area (Å²) < 4.78 is 19.8.